The Labute approximate surface area is 179 Å². The lowest BCUT2D eigenvalue weighted by atomic mass is 9.76. The van der Waals surface area contributed by atoms with Gasteiger partial charge in [0.2, 0.25) is 0 Å². The van der Waals surface area contributed by atoms with E-state index >= 15 is 0 Å². The van der Waals surface area contributed by atoms with E-state index in [2.05, 4.69) is 18.7 Å². The molecule has 2 aromatic carbocycles. The maximum Gasteiger partial charge on any atom is 0.175 e. The van der Waals surface area contributed by atoms with E-state index in [0.29, 0.717) is 4.90 Å². The zero-order chi connectivity index (χ0) is 22.2. The van der Waals surface area contributed by atoms with Gasteiger partial charge in [-0.2, -0.15) is 0 Å². The highest BCUT2D eigenvalue weighted by molar-refractivity contribution is 7.90. The van der Waals surface area contributed by atoms with Crippen LogP contribution in [-0.4, -0.2) is 43.9 Å². The Hall–Kier alpha value is -1.76. The van der Waals surface area contributed by atoms with Gasteiger partial charge < -0.3 is 5.11 Å². The first-order chi connectivity index (χ1) is 13.9. The number of benzene rings is 2. The molecule has 1 unspecified atom stereocenters. The van der Waals surface area contributed by atoms with E-state index in [1.807, 2.05) is 31.2 Å². The van der Waals surface area contributed by atoms with E-state index in [4.69, 9.17) is 0 Å². The third-order valence-corrected chi connectivity index (χ3v) is 8.00. The van der Waals surface area contributed by atoms with Gasteiger partial charge in [-0.3, -0.25) is 4.90 Å². The lowest BCUT2D eigenvalue weighted by Gasteiger charge is -2.39. The third-order valence-electron chi connectivity index (χ3n) is 6.88. The fraction of sp³-hybridized carbons (Fsp3) is 0.500. The van der Waals surface area contributed by atoms with E-state index in [9.17, 15) is 17.9 Å². The van der Waals surface area contributed by atoms with Crippen molar-refractivity contribution >= 4 is 9.84 Å². The molecule has 0 amide bonds. The van der Waals surface area contributed by atoms with Gasteiger partial charge in [-0.1, -0.05) is 24.3 Å². The third kappa shape index (κ3) is 4.76. The highest BCUT2D eigenvalue weighted by atomic mass is 32.2. The molecule has 1 aliphatic heterocycles. The van der Waals surface area contributed by atoms with Crippen LogP contribution in [0, 0.1) is 11.2 Å². The summed E-state index contributed by atoms with van der Waals surface area (Å²) in [5.41, 5.74) is 1.61. The smallest absolute Gasteiger partial charge is 0.175 e. The molecule has 1 heterocycles. The molecule has 1 N–H and O–H groups in total. The van der Waals surface area contributed by atoms with Gasteiger partial charge in [-0.25, -0.2) is 12.8 Å². The second-order valence-corrected chi connectivity index (χ2v) is 11.2. The Morgan fingerprint density at radius 2 is 1.73 bits per heavy atom. The van der Waals surface area contributed by atoms with Gasteiger partial charge >= 0.3 is 0 Å². The summed E-state index contributed by atoms with van der Waals surface area (Å²) >= 11 is 0. The Morgan fingerprint density at radius 1 is 1.13 bits per heavy atom. The van der Waals surface area contributed by atoms with Gasteiger partial charge in [0.15, 0.2) is 9.84 Å². The van der Waals surface area contributed by atoms with Crippen molar-refractivity contribution in [3.05, 3.63) is 65.5 Å². The lowest BCUT2D eigenvalue weighted by Crippen LogP contribution is -2.44. The Morgan fingerprint density at radius 3 is 2.27 bits per heavy atom. The van der Waals surface area contributed by atoms with Crippen molar-refractivity contribution in [1.82, 2.24) is 4.90 Å². The van der Waals surface area contributed by atoms with Crippen LogP contribution >= 0.6 is 0 Å². The minimum atomic E-state index is -3.22. The van der Waals surface area contributed by atoms with Crippen molar-refractivity contribution < 1.29 is 17.9 Å². The molecule has 30 heavy (non-hydrogen) atoms. The first-order valence-corrected chi connectivity index (χ1v) is 12.3. The van der Waals surface area contributed by atoms with E-state index in [0.717, 1.165) is 43.5 Å². The molecule has 0 spiro atoms. The van der Waals surface area contributed by atoms with Crippen LogP contribution < -0.4 is 0 Å². The highest BCUT2D eigenvalue weighted by Crippen LogP contribution is 2.43. The zero-order valence-corrected chi connectivity index (χ0v) is 19.0. The molecule has 0 bridgehead atoms. The molecule has 6 heteroatoms. The van der Waals surface area contributed by atoms with Crippen molar-refractivity contribution in [2.45, 2.75) is 56.6 Å². The maximum absolute atomic E-state index is 13.2. The van der Waals surface area contributed by atoms with Gasteiger partial charge in [0.1, 0.15) is 5.82 Å². The van der Waals surface area contributed by atoms with Crippen molar-refractivity contribution in [3.63, 3.8) is 0 Å². The molecule has 0 saturated carbocycles. The highest BCUT2D eigenvalue weighted by Gasteiger charge is 2.45. The first kappa shape index (κ1) is 22.9. The van der Waals surface area contributed by atoms with E-state index in [-0.39, 0.29) is 16.8 Å². The fourth-order valence-corrected chi connectivity index (χ4v) is 5.09. The van der Waals surface area contributed by atoms with Crippen LogP contribution in [0.15, 0.2) is 53.4 Å². The monoisotopic (exact) mass is 433 g/mol. The predicted octanol–water partition coefficient (Wildman–Crippen LogP) is 4.17. The number of halogens is 1. The topological polar surface area (TPSA) is 57.6 Å². The number of rotatable bonds is 7. The molecule has 0 radical (unpaired) electrons. The number of nitrogens with zero attached hydrogens (tertiary/aromatic N) is 1. The fourth-order valence-electron chi connectivity index (χ4n) is 4.46. The van der Waals surface area contributed by atoms with Gasteiger partial charge in [0.05, 0.1) is 11.0 Å². The summed E-state index contributed by atoms with van der Waals surface area (Å²) in [5.74, 6) is -0.236. The number of aliphatic hydroxyl groups excluding tert-OH is 1. The van der Waals surface area contributed by atoms with Gasteiger partial charge in [-0.15, -0.1) is 0 Å². The number of aliphatic hydroxyl groups is 1. The van der Waals surface area contributed by atoms with E-state index < -0.39 is 15.9 Å². The summed E-state index contributed by atoms with van der Waals surface area (Å²) in [7, 11) is -3.22. The van der Waals surface area contributed by atoms with Gasteiger partial charge in [0, 0.05) is 23.8 Å². The Kier molecular flexibility index (Phi) is 6.42. The average Bonchev–Trinajstić information content (AvgIpc) is 3.14. The minimum absolute atomic E-state index is 0.224. The van der Waals surface area contributed by atoms with Crippen molar-refractivity contribution in [1.29, 1.82) is 0 Å². The van der Waals surface area contributed by atoms with Gasteiger partial charge in [0.25, 0.3) is 0 Å². The van der Waals surface area contributed by atoms with Crippen LogP contribution in [0.4, 0.5) is 4.39 Å². The quantitative estimate of drug-likeness (QED) is 0.712. The second-order valence-electron chi connectivity index (χ2n) is 9.19. The largest absolute Gasteiger partial charge is 0.393 e. The summed E-state index contributed by atoms with van der Waals surface area (Å²) in [5, 5.41) is 10.7. The number of hydrogen-bond donors (Lipinski definition) is 1. The molecule has 1 fully saturated rings. The normalized spacial score (nSPS) is 21.7. The Balaban J connectivity index is 1.76. The summed E-state index contributed by atoms with van der Waals surface area (Å²) in [4.78, 5) is 2.70. The minimum Gasteiger partial charge on any atom is -0.393 e. The molecule has 4 nitrogen and oxygen atoms in total. The number of sulfone groups is 1. The molecule has 0 aliphatic carbocycles. The molecule has 1 aliphatic rings. The van der Waals surface area contributed by atoms with Crippen molar-refractivity contribution in [3.8, 4) is 0 Å². The van der Waals surface area contributed by atoms with Crippen LogP contribution in [0.2, 0.25) is 0 Å². The number of likely N-dealkylation sites (tertiary alicyclic amines) is 1. The summed E-state index contributed by atoms with van der Waals surface area (Å²) < 4.78 is 36.7. The number of hydrogen-bond acceptors (Lipinski definition) is 4. The number of aryl methyl sites for hydroxylation is 1. The molecule has 3 rings (SSSR count). The SMILES string of the molecule is CC(O)[C@]1(CCc2ccc(F)cc2)CCN(C(C)(C)c2ccc(S(C)(=O)=O)cc2)C1. The standard InChI is InChI=1S/C24H32FNO3S/c1-18(27)24(14-13-19-5-9-21(25)10-6-19)15-16-26(17-24)23(2,3)20-7-11-22(12-8-20)30(4,28)29/h5-12,18,27H,13-17H2,1-4H3/t18?,24-/m1/s1. The Bertz CT molecular complexity index is 969. The summed E-state index contributed by atoms with van der Waals surface area (Å²) in [6, 6.07) is 13.7. The lowest BCUT2D eigenvalue weighted by molar-refractivity contribution is 0.0259. The second kappa shape index (κ2) is 8.40. The van der Waals surface area contributed by atoms with Crippen LogP contribution in [0.1, 0.15) is 44.7 Å². The van der Waals surface area contributed by atoms with E-state index in [1.54, 1.807) is 12.1 Å². The van der Waals surface area contributed by atoms with Crippen LogP contribution in [-0.2, 0) is 21.8 Å². The molecular formula is C24H32FNO3S. The average molecular weight is 434 g/mol. The predicted molar refractivity (Wildman–Crippen MR) is 118 cm³/mol. The summed E-state index contributed by atoms with van der Waals surface area (Å²) in [6.07, 6.45) is 3.27. The molecule has 1 saturated heterocycles. The van der Waals surface area contributed by atoms with Crippen LogP contribution in [0.25, 0.3) is 0 Å². The van der Waals surface area contributed by atoms with Crippen molar-refractivity contribution in [2.24, 2.45) is 5.41 Å². The van der Waals surface area contributed by atoms with Gasteiger partial charge in [-0.05, 0) is 82.0 Å². The molecule has 0 aromatic heterocycles. The molecule has 164 valence electrons. The zero-order valence-electron chi connectivity index (χ0n) is 18.2. The van der Waals surface area contributed by atoms with Crippen LogP contribution in [0.3, 0.4) is 0 Å². The molecule has 2 atom stereocenters. The molecular weight excluding hydrogens is 401 g/mol. The maximum atomic E-state index is 13.2. The molecule has 2 aromatic rings. The van der Waals surface area contributed by atoms with E-state index in [1.165, 1.54) is 18.4 Å². The summed E-state index contributed by atoms with van der Waals surface area (Å²) in [6.45, 7) is 7.75. The van der Waals surface area contributed by atoms with Crippen molar-refractivity contribution in [2.75, 3.05) is 19.3 Å². The van der Waals surface area contributed by atoms with Crippen LogP contribution in [0.5, 0.6) is 0 Å². The first-order valence-electron chi connectivity index (χ1n) is 10.4.